The van der Waals surface area contributed by atoms with E-state index < -0.39 is 0 Å². The molecule has 3 N–H and O–H groups in total. The molecule has 168 valence electrons. The van der Waals surface area contributed by atoms with Crippen molar-refractivity contribution >= 4 is 5.96 Å². The Morgan fingerprint density at radius 1 is 0.935 bits per heavy atom. The topological polar surface area (TPSA) is 63.1 Å². The summed E-state index contributed by atoms with van der Waals surface area (Å²) in [4.78, 5) is 9.42. The van der Waals surface area contributed by atoms with Crippen LogP contribution in [0.25, 0.3) is 0 Å². The summed E-state index contributed by atoms with van der Waals surface area (Å²) < 4.78 is 0. The molecule has 1 aliphatic heterocycles. The number of piperazine rings is 1. The maximum absolute atomic E-state index is 9.79. The van der Waals surface area contributed by atoms with Crippen LogP contribution in [0.2, 0.25) is 0 Å². The van der Waals surface area contributed by atoms with Crippen molar-refractivity contribution in [1.29, 1.82) is 0 Å². The maximum Gasteiger partial charge on any atom is 0.191 e. The van der Waals surface area contributed by atoms with Gasteiger partial charge in [-0.2, -0.15) is 0 Å². The van der Waals surface area contributed by atoms with E-state index in [-0.39, 0.29) is 12.5 Å². The second-order valence-electron chi connectivity index (χ2n) is 8.08. The summed E-state index contributed by atoms with van der Waals surface area (Å²) in [7, 11) is 1.78. The Morgan fingerprint density at radius 2 is 1.58 bits per heavy atom. The van der Waals surface area contributed by atoms with Crippen molar-refractivity contribution < 1.29 is 5.11 Å². The Bertz CT molecular complexity index is 803. The van der Waals surface area contributed by atoms with E-state index in [4.69, 9.17) is 0 Å². The largest absolute Gasteiger partial charge is 0.396 e. The monoisotopic (exact) mass is 423 g/mol. The fraction of sp³-hybridized carbons (Fsp3) is 0.480. The molecule has 1 unspecified atom stereocenters. The molecular formula is C25H37N5O. The van der Waals surface area contributed by atoms with E-state index in [1.807, 2.05) is 18.2 Å². The number of rotatable bonds is 9. The fourth-order valence-electron chi connectivity index (χ4n) is 4.02. The third-order valence-electron chi connectivity index (χ3n) is 6.10. The van der Waals surface area contributed by atoms with Crippen LogP contribution in [0, 0.1) is 0 Å². The molecule has 1 aliphatic rings. The van der Waals surface area contributed by atoms with E-state index in [1.54, 1.807) is 7.05 Å². The lowest BCUT2D eigenvalue weighted by Gasteiger charge is -2.34. The zero-order valence-corrected chi connectivity index (χ0v) is 18.9. The molecular weight excluding hydrogens is 386 g/mol. The van der Waals surface area contributed by atoms with Crippen LogP contribution in [0.4, 0.5) is 0 Å². The zero-order chi connectivity index (χ0) is 21.9. The number of benzene rings is 2. The van der Waals surface area contributed by atoms with Crippen molar-refractivity contribution in [1.82, 2.24) is 20.4 Å². The molecule has 0 aromatic heterocycles. The van der Waals surface area contributed by atoms with Gasteiger partial charge in [0.15, 0.2) is 5.96 Å². The number of likely N-dealkylation sites (N-methyl/N-ethyl adjacent to an activating group) is 1. The Hall–Kier alpha value is -2.41. The van der Waals surface area contributed by atoms with Gasteiger partial charge in [-0.3, -0.25) is 9.89 Å². The van der Waals surface area contributed by atoms with Crippen LogP contribution in [0.15, 0.2) is 59.6 Å². The zero-order valence-electron chi connectivity index (χ0n) is 18.9. The standard InChI is InChI=1S/C25H37N5O/c1-3-29-13-15-30(16-14-29)19-23-12-8-7-11-22(23)17-27-25(26-2)28-18-24(20-31)21-9-5-4-6-10-21/h4-12,24,31H,3,13-20H2,1-2H3,(H2,26,27,28). The highest BCUT2D eigenvalue weighted by Gasteiger charge is 2.17. The van der Waals surface area contributed by atoms with Gasteiger partial charge in [0, 0.05) is 58.8 Å². The van der Waals surface area contributed by atoms with E-state index in [9.17, 15) is 5.11 Å². The van der Waals surface area contributed by atoms with Gasteiger partial charge >= 0.3 is 0 Å². The molecule has 0 radical (unpaired) electrons. The number of aliphatic hydroxyl groups excluding tert-OH is 1. The molecule has 31 heavy (non-hydrogen) atoms. The van der Waals surface area contributed by atoms with E-state index in [0.717, 1.165) is 57.3 Å². The summed E-state index contributed by atoms with van der Waals surface area (Å²) in [5.41, 5.74) is 3.79. The van der Waals surface area contributed by atoms with Crippen LogP contribution in [0.3, 0.4) is 0 Å². The average molecular weight is 424 g/mol. The van der Waals surface area contributed by atoms with Gasteiger partial charge in [-0.05, 0) is 23.2 Å². The predicted octanol–water partition coefficient (Wildman–Crippen LogP) is 2.27. The van der Waals surface area contributed by atoms with Crippen LogP contribution in [0.5, 0.6) is 0 Å². The molecule has 1 atom stereocenters. The lowest BCUT2D eigenvalue weighted by molar-refractivity contribution is 0.131. The van der Waals surface area contributed by atoms with Gasteiger partial charge in [0.05, 0.1) is 6.61 Å². The normalized spacial score (nSPS) is 16.8. The summed E-state index contributed by atoms with van der Waals surface area (Å²) in [6.45, 7) is 10.4. The van der Waals surface area contributed by atoms with Crippen molar-refractivity contribution in [3.05, 3.63) is 71.3 Å². The minimum atomic E-state index is 0.0359. The SMILES string of the molecule is CCN1CCN(Cc2ccccc2CNC(=NC)NCC(CO)c2ccccc2)CC1. The van der Waals surface area contributed by atoms with Crippen molar-refractivity contribution in [2.75, 3.05) is 52.9 Å². The van der Waals surface area contributed by atoms with Crippen LogP contribution < -0.4 is 10.6 Å². The molecule has 0 bridgehead atoms. The molecule has 0 aliphatic carbocycles. The minimum Gasteiger partial charge on any atom is -0.396 e. The molecule has 1 saturated heterocycles. The molecule has 0 spiro atoms. The number of guanidine groups is 1. The Balaban J connectivity index is 1.52. The number of hydrogen-bond donors (Lipinski definition) is 3. The molecule has 6 heteroatoms. The van der Waals surface area contributed by atoms with Crippen LogP contribution in [0.1, 0.15) is 29.5 Å². The van der Waals surface area contributed by atoms with Gasteiger partial charge in [-0.25, -0.2) is 0 Å². The molecule has 2 aromatic rings. The van der Waals surface area contributed by atoms with Gasteiger partial charge in [0.25, 0.3) is 0 Å². The molecule has 1 fully saturated rings. The second kappa shape index (κ2) is 12.4. The van der Waals surface area contributed by atoms with E-state index >= 15 is 0 Å². The van der Waals surface area contributed by atoms with E-state index in [0.29, 0.717) is 6.54 Å². The lowest BCUT2D eigenvalue weighted by atomic mass is 10.0. The summed E-state index contributed by atoms with van der Waals surface area (Å²) in [6, 6.07) is 18.8. The van der Waals surface area contributed by atoms with E-state index in [2.05, 4.69) is 68.7 Å². The quantitative estimate of drug-likeness (QED) is 0.427. The van der Waals surface area contributed by atoms with Crippen molar-refractivity contribution in [3.63, 3.8) is 0 Å². The van der Waals surface area contributed by atoms with Crippen LogP contribution >= 0.6 is 0 Å². The molecule has 3 rings (SSSR count). The Labute approximate surface area is 187 Å². The fourth-order valence-corrected chi connectivity index (χ4v) is 4.02. The van der Waals surface area contributed by atoms with Gasteiger partial charge in [0.1, 0.15) is 0 Å². The van der Waals surface area contributed by atoms with Gasteiger partial charge in [0.2, 0.25) is 0 Å². The van der Waals surface area contributed by atoms with Gasteiger partial charge in [-0.15, -0.1) is 0 Å². The first-order chi connectivity index (χ1) is 15.2. The summed E-state index contributed by atoms with van der Waals surface area (Å²) >= 11 is 0. The molecule has 0 saturated carbocycles. The van der Waals surface area contributed by atoms with Gasteiger partial charge < -0.3 is 20.6 Å². The highest BCUT2D eigenvalue weighted by atomic mass is 16.3. The summed E-state index contributed by atoms with van der Waals surface area (Å²) in [6.07, 6.45) is 0. The maximum atomic E-state index is 9.79. The molecule has 2 aromatic carbocycles. The number of aliphatic hydroxyl groups is 1. The molecule has 6 nitrogen and oxygen atoms in total. The van der Waals surface area contributed by atoms with E-state index in [1.165, 1.54) is 11.1 Å². The Morgan fingerprint density at radius 3 is 2.23 bits per heavy atom. The van der Waals surface area contributed by atoms with Crippen molar-refractivity contribution in [2.24, 2.45) is 4.99 Å². The Kier molecular flexibility index (Phi) is 9.34. The lowest BCUT2D eigenvalue weighted by Crippen LogP contribution is -2.45. The molecule has 1 heterocycles. The number of nitrogens with zero attached hydrogens (tertiary/aromatic N) is 3. The van der Waals surface area contributed by atoms with Gasteiger partial charge in [-0.1, -0.05) is 61.5 Å². The minimum absolute atomic E-state index is 0.0359. The van der Waals surface area contributed by atoms with Crippen molar-refractivity contribution in [2.45, 2.75) is 25.9 Å². The highest BCUT2D eigenvalue weighted by molar-refractivity contribution is 5.79. The third kappa shape index (κ3) is 7.06. The first-order valence-corrected chi connectivity index (χ1v) is 11.3. The first kappa shape index (κ1) is 23.3. The smallest absolute Gasteiger partial charge is 0.191 e. The summed E-state index contributed by atoms with van der Waals surface area (Å²) in [5.74, 6) is 0.787. The highest BCUT2D eigenvalue weighted by Crippen LogP contribution is 2.15. The van der Waals surface area contributed by atoms with Crippen molar-refractivity contribution in [3.8, 4) is 0 Å². The predicted molar refractivity (Wildman–Crippen MR) is 128 cm³/mol. The second-order valence-corrected chi connectivity index (χ2v) is 8.08. The average Bonchev–Trinajstić information content (AvgIpc) is 2.83. The first-order valence-electron chi connectivity index (χ1n) is 11.3. The van der Waals surface area contributed by atoms with Crippen LogP contribution in [-0.4, -0.2) is 73.8 Å². The van der Waals surface area contributed by atoms with Crippen LogP contribution in [-0.2, 0) is 13.1 Å². The number of aliphatic imine (C=N–C) groups is 1. The third-order valence-corrected chi connectivity index (χ3v) is 6.10. The summed E-state index contributed by atoms with van der Waals surface area (Å²) in [5, 5.41) is 16.6. The molecule has 0 amide bonds. The number of hydrogen-bond acceptors (Lipinski definition) is 4. The number of nitrogens with one attached hydrogen (secondary N) is 2.